The Balaban J connectivity index is 2.22. The third-order valence-electron chi connectivity index (χ3n) is 1.91. The van der Waals surface area contributed by atoms with Crippen LogP contribution in [0.25, 0.3) is 0 Å². The van der Waals surface area contributed by atoms with Crippen molar-refractivity contribution < 1.29 is 4.74 Å². The zero-order chi connectivity index (χ0) is 11.8. The maximum atomic E-state index is 5.41. The van der Waals surface area contributed by atoms with E-state index in [2.05, 4.69) is 36.3 Å². The van der Waals surface area contributed by atoms with Crippen molar-refractivity contribution in [2.75, 3.05) is 13.2 Å². The fourth-order valence-electron chi connectivity index (χ4n) is 1.19. The molecule has 0 amide bonds. The quantitative estimate of drug-likeness (QED) is 0.711. The summed E-state index contributed by atoms with van der Waals surface area (Å²) >= 11 is 1.63. The van der Waals surface area contributed by atoms with E-state index < -0.39 is 0 Å². The van der Waals surface area contributed by atoms with E-state index in [1.165, 1.54) is 0 Å². The topological polar surface area (TPSA) is 47.0 Å². The first-order chi connectivity index (χ1) is 7.72. The molecule has 0 unspecified atom stereocenters. The molecule has 0 spiro atoms. The van der Waals surface area contributed by atoms with Crippen LogP contribution < -0.4 is 5.32 Å². The molecule has 5 heteroatoms. The van der Waals surface area contributed by atoms with Gasteiger partial charge in [0.2, 0.25) is 0 Å². The Morgan fingerprint density at radius 1 is 1.31 bits per heavy atom. The summed E-state index contributed by atoms with van der Waals surface area (Å²) in [6.07, 6.45) is 1.04. The first-order valence-corrected chi connectivity index (χ1v) is 6.63. The lowest BCUT2D eigenvalue weighted by atomic mass is 10.2. The molecule has 0 aliphatic rings. The molecule has 92 valence electrons. The molecule has 1 heterocycles. The van der Waals surface area contributed by atoms with Crippen LogP contribution >= 0.6 is 11.3 Å². The Kier molecular flexibility index (Phi) is 6.52. The lowest BCUT2D eigenvalue weighted by Crippen LogP contribution is -2.18. The van der Waals surface area contributed by atoms with E-state index >= 15 is 0 Å². The van der Waals surface area contributed by atoms with Crippen molar-refractivity contribution in [2.45, 2.75) is 40.3 Å². The van der Waals surface area contributed by atoms with E-state index in [-0.39, 0.29) is 0 Å². The number of nitrogens with zero attached hydrogens (tertiary/aromatic N) is 2. The number of hydrogen-bond acceptors (Lipinski definition) is 5. The molecule has 1 aromatic rings. The van der Waals surface area contributed by atoms with Crippen LogP contribution in [-0.2, 0) is 17.9 Å². The second-order valence-electron chi connectivity index (χ2n) is 4.17. The van der Waals surface area contributed by atoms with Crippen molar-refractivity contribution in [3.8, 4) is 0 Å². The monoisotopic (exact) mass is 243 g/mol. The summed E-state index contributed by atoms with van der Waals surface area (Å²) in [4.78, 5) is 0. The molecular weight excluding hydrogens is 222 g/mol. The van der Waals surface area contributed by atoms with E-state index in [1.54, 1.807) is 11.3 Å². The second-order valence-corrected chi connectivity index (χ2v) is 5.31. The maximum Gasteiger partial charge on any atom is 0.143 e. The fraction of sp³-hybridized carbons (Fsp3) is 0.818. The second kappa shape index (κ2) is 7.70. The van der Waals surface area contributed by atoms with Crippen LogP contribution in [0.4, 0.5) is 0 Å². The minimum atomic E-state index is 0.593. The molecule has 0 aliphatic heterocycles. The van der Waals surface area contributed by atoms with Crippen molar-refractivity contribution in [1.82, 2.24) is 15.5 Å². The van der Waals surface area contributed by atoms with E-state index in [0.717, 1.165) is 36.1 Å². The van der Waals surface area contributed by atoms with Gasteiger partial charge in [-0.05, 0) is 18.9 Å². The van der Waals surface area contributed by atoms with E-state index in [0.29, 0.717) is 12.5 Å². The summed E-state index contributed by atoms with van der Waals surface area (Å²) in [5, 5.41) is 13.6. The van der Waals surface area contributed by atoms with E-state index in [4.69, 9.17) is 4.74 Å². The molecule has 0 saturated carbocycles. The van der Waals surface area contributed by atoms with Crippen LogP contribution in [0, 0.1) is 5.92 Å². The van der Waals surface area contributed by atoms with Crippen molar-refractivity contribution in [2.24, 2.45) is 5.92 Å². The summed E-state index contributed by atoms with van der Waals surface area (Å²) < 4.78 is 5.41. The Morgan fingerprint density at radius 2 is 2.06 bits per heavy atom. The molecule has 1 N–H and O–H groups in total. The van der Waals surface area contributed by atoms with Gasteiger partial charge in [-0.2, -0.15) is 0 Å². The van der Waals surface area contributed by atoms with Gasteiger partial charge in [-0.25, -0.2) is 0 Å². The molecule has 0 radical (unpaired) electrons. The first-order valence-electron chi connectivity index (χ1n) is 5.82. The molecule has 0 aliphatic carbocycles. The van der Waals surface area contributed by atoms with Crippen LogP contribution in [0.15, 0.2) is 0 Å². The molecule has 1 aromatic heterocycles. The predicted octanol–water partition coefficient (Wildman–Crippen LogP) is 2.21. The van der Waals surface area contributed by atoms with Crippen molar-refractivity contribution in [1.29, 1.82) is 0 Å². The van der Waals surface area contributed by atoms with Crippen LogP contribution in [-0.4, -0.2) is 23.3 Å². The van der Waals surface area contributed by atoms with Gasteiger partial charge in [-0.15, -0.1) is 10.2 Å². The molecule has 0 atom stereocenters. The molecule has 4 nitrogen and oxygen atoms in total. The Labute approximate surface area is 101 Å². The minimum Gasteiger partial charge on any atom is -0.374 e. The summed E-state index contributed by atoms with van der Waals surface area (Å²) in [6, 6.07) is 0. The number of ether oxygens (including phenoxy) is 1. The van der Waals surface area contributed by atoms with Gasteiger partial charge in [0.1, 0.15) is 16.6 Å². The van der Waals surface area contributed by atoms with Crippen LogP contribution in [0.1, 0.15) is 37.2 Å². The minimum absolute atomic E-state index is 0.593. The van der Waals surface area contributed by atoms with Gasteiger partial charge in [0, 0.05) is 13.2 Å². The maximum absolute atomic E-state index is 5.41. The van der Waals surface area contributed by atoms with Crippen LogP contribution in [0.2, 0.25) is 0 Å². The average molecular weight is 243 g/mol. The highest BCUT2D eigenvalue weighted by molar-refractivity contribution is 7.11. The van der Waals surface area contributed by atoms with Gasteiger partial charge < -0.3 is 10.1 Å². The Bertz CT molecular complexity index is 289. The summed E-state index contributed by atoms with van der Waals surface area (Å²) in [5.74, 6) is 0.667. The van der Waals surface area contributed by atoms with Crippen LogP contribution in [0.3, 0.4) is 0 Å². The third kappa shape index (κ3) is 5.53. The highest BCUT2D eigenvalue weighted by atomic mass is 32.1. The summed E-state index contributed by atoms with van der Waals surface area (Å²) in [6.45, 7) is 9.69. The molecule has 0 aromatic carbocycles. The molecule has 0 saturated heterocycles. The highest BCUT2D eigenvalue weighted by Gasteiger charge is 2.04. The third-order valence-corrected chi connectivity index (χ3v) is 2.81. The van der Waals surface area contributed by atoms with Crippen molar-refractivity contribution in [3.05, 3.63) is 10.0 Å². The predicted molar refractivity (Wildman–Crippen MR) is 66.4 cm³/mol. The number of rotatable bonds is 8. The first kappa shape index (κ1) is 13.5. The number of aromatic nitrogens is 2. The zero-order valence-corrected chi connectivity index (χ0v) is 11.1. The lowest BCUT2D eigenvalue weighted by molar-refractivity contribution is 0.121. The molecule has 0 fully saturated rings. The van der Waals surface area contributed by atoms with Crippen molar-refractivity contribution >= 4 is 11.3 Å². The fourth-order valence-corrected chi connectivity index (χ4v) is 1.94. The average Bonchev–Trinajstić information content (AvgIpc) is 2.66. The number of nitrogens with one attached hydrogen (secondary N) is 1. The smallest absolute Gasteiger partial charge is 0.143 e. The molecule has 1 rings (SSSR count). The summed E-state index contributed by atoms with van der Waals surface area (Å²) in [7, 11) is 0. The van der Waals surface area contributed by atoms with Gasteiger partial charge in [0.05, 0.1) is 0 Å². The Morgan fingerprint density at radius 3 is 2.75 bits per heavy atom. The molecule has 16 heavy (non-hydrogen) atoms. The Hall–Kier alpha value is -0.520. The summed E-state index contributed by atoms with van der Waals surface area (Å²) in [5.41, 5.74) is 0. The van der Waals surface area contributed by atoms with Gasteiger partial charge in [-0.1, -0.05) is 32.1 Å². The van der Waals surface area contributed by atoms with Crippen molar-refractivity contribution in [3.63, 3.8) is 0 Å². The van der Waals surface area contributed by atoms with E-state index in [9.17, 15) is 0 Å². The standard InChI is InChI=1S/C11H21N3OS/c1-4-5-15-8-11-14-13-10(16-11)7-12-6-9(2)3/h9,12H,4-8H2,1-3H3. The highest BCUT2D eigenvalue weighted by Crippen LogP contribution is 2.10. The number of hydrogen-bond donors (Lipinski definition) is 1. The lowest BCUT2D eigenvalue weighted by Gasteiger charge is -2.03. The molecule has 0 bridgehead atoms. The van der Waals surface area contributed by atoms with Gasteiger partial charge >= 0.3 is 0 Å². The van der Waals surface area contributed by atoms with E-state index in [1.807, 2.05) is 0 Å². The van der Waals surface area contributed by atoms with Gasteiger partial charge in [0.25, 0.3) is 0 Å². The van der Waals surface area contributed by atoms with Gasteiger partial charge in [-0.3, -0.25) is 0 Å². The normalized spacial score (nSPS) is 11.2. The molecular formula is C11H21N3OS. The van der Waals surface area contributed by atoms with Crippen LogP contribution in [0.5, 0.6) is 0 Å². The zero-order valence-electron chi connectivity index (χ0n) is 10.3. The van der Waals surface area contributed by atoms with Gasteiger partial charge in [0.15, 0.2) is 0 Å². The largest absolute Gasteiger partial charge is 0.374 e. The SMILES string of the molecule is CCCOCc1nnc(CNCC(C)C)s1.